The molecule has 0 spiro atoms. The van der Waals surface area contributed by atoms with E-state index in [0.717, 1.165) is 25.6 Å². The molecule has 3 rings (SSSR count). The second kappa shape index (κ2) is 4.51. The van der Waals surface area contributed by atoms with Crippen LogP contribution < -0.4 is 5.32 Å². The molecule has 1 saturated heterocycles. The summed E-state index contributed by atoms with van der Waals surface area (Å²) in [7, 11) is 0. The van der Waals surface area contributed by atoms with Gasteiger partial charge in [-0.2, -0.15) is 4.98 Å². The molecule has 1 aliphatic carbocycles. The number of ether oxygens (including phenoxy) is 1. The van der Waals surface area contributed by atoms with E-state index >= 15 is 0 Å². The van der Waals surface area contributed by atoms with E-state index in [2.05, 4.69) is 15.5 Å². The molecule has 1 aromatic heterocycles. The van der Waals surface area contributed by atoms with E-state index in [-0.39, 0.29) is 0 Å². The molecule has 88 valence electrons. The number of hydrogen-bond donors (Lipinski definition) is 1. The van der Waals surface area contributed by atoms with Gasteiger partial charge >= 0.3 is 0 Å². The molecule has 16 heavy (non-hydrogen) atoms. The first-order chi connectivity index (χ1) is 7.92. The minimum atomic E-state index is 0.479. The highest BCUT2D eigenvalue weighted by atomic mass is 16.5. The maximum absolute atomic E-state index is 5.59. The third-order valence-corrected chi connectivity index (χ3v) is 3.16. The van der Waals surface area contributed by atoms with Gasteiger partial charge in [-0.05, 0) is 31.7 Å². The lowest BCUT2D eigenvalue weighted by Crippen LogP contribution is -2.14. The maximum Gasteiger partial charge on any atom is 0.229 e. The average Bonchev–Trinajstić information content (AvgIpc) is 2.83. The van der Waals surface area contributed by atoms with Crippen LogP contribution in [0.2, 0.25) is 0 Å². The van der Waals surface area contributed by atoms with E-state index in [1.54, 1.807) is 0 Å². The zero-order valence-electron chi connectivity index (χ0n) is 9.32. The van der Waals surface area contributed by atoms with Gasteiger partial charge in [-0.15, -0.1) is 0 Å². The highest BCUT2D eigenvalue weighted by molar-refractivity contribution is 5.01. The first-order valence-electron chi connectivity index (χ1n) is 6.03. The Morgan fingerprint density at radius 1 is 1.38 bits per heavy atom. The van der Waals surface area contributed by atoms with Crippen molar-refractivity contribution in [2.24, 2.45) is 5.92 Å². The molecule has 0 aromatic carbocycles. The van der Waals surface area contributed by atoms with E-state index in [4.69, 9.17) is 9.26 Å². The van der Waals surface area contributed by atoms with Gasteiger partial charge in [-0.25, -0.2) is 0 Å². The molecular weight excluding hydrogens is 206 g/mol. The molecule has 0 bridgehead atoms. The van der Waals surface area contributed by atoms with Crippen LogP contribution in [0, 0.1) is 5.92 Å². The number of nitrogens with zero attached hydrogens (tertiary/aromatic N) is 2. The van der Waals surface area contributed by atoms with Gasteiger partial charge in [0.1, 0.15) is 6.61 Å². The Labute approximate surface area is 94.6 Å². The highest BCUT2D eigenvalue weighted by Gasteiger charge is 2.29. The fourth-order valence-electron chi connectivity index (χ4n) is 2.00. The quantitative estimate of drug-likeness (QED) is 0.809. The van der Waals surface area contributed by atoms with Crippen molar-refractivity contribution in [1.29, 1.82) is 0 Å². The summed E-state index contributed by atoms with van der Waals surface area (Å²) in [5.74, 6) is 2.66. The molecule has 2 fully saturated rings. The second-order valence-electron chi connectivity index (χ2n) is 4.70. The minimum Gasteiger partial charge on any atom is -0.373 e. The normalized spacial score (nSPS) is 25.1. The third-order valence-electron chi connectivity index (χ3n) is 3.16. The Morgan fingerprint density at radius 3 is 3.06 bits per heavy atom. The predicted octanol–water partition coefficient (Wildman–Crippen LogP) is 1.07. The van der Waals surface area contributed by atoms with Crippen LogP contribution in [0.15, 0.2) is 4.52 Å². The van der Waals surface area contributed by atoms with Gasteiger partial charge < -0.3 is 14.6 Å². The predicted molar refractivity (Wildman–Crippen MR) is 56.9 cm³/mol. The van der Waals surface area contributed by atoms with E-state index in [1.165, 1.54) is 19.3 Å². The topological polar surface area (TPSA) is 60.2 Å². The molecule has 1 aliphatic heterocycles. The summed E-state index contributed by atoms with van der Waals surface area (Å²) >= 11 is 0. The monoisotopic (exact) mass is 223 g/mol. The van der Waals surface area contributed by atoms with Gasteiger partial charge in [-0.3, -0.25) is 0 Å². The molecule has 1 N–H and O–H groups in total. The second-order valence-corrected chi connectivity index (χ2v) is 4.70. The molecule has 1 unspecified atom stereocenters. The fourth-order valence-corrected chi connectivity index (χ4v) is 2.00. The first kappa shape index (κ1) is 10.2. The molecule has 5 nitrogen and oxygen atoms in total. The summed E-state index contributed by atoms with van der Waals surface area (Å²) < 4.78 is 10.7. The Balaban J connectivity index is 1.42. The molecule has 0 radical (unpaired) electrons. The third kappa shape index (κ3) is 2.41. The van der Waals surface area contributed by atoms with E-state index in [0.29, 0.717) is 24.3 Å². The van der Waals surface area contributed by atoms with E-state index < -0.39 is 0 Å². The fraction of sp³-hybridized carbons (Fsp3) is 0.818. The van der Waals surface area contributed by atoms with Crippen LogP contribution in [0.1, 0.15) is 36.9 Å². The van der Waals surface area contributed by atoms with Crippen molar-refractivity contribution in [3.63, 3.8) is 0 Å². The van der Waals surface area contributed by atoms with Crippen LogP contribution in [0.5, 0.6) is 0 Å². The van der Waals surface area contributed by atoms with Crippen molar-refractivity contribution in [3.8, 4) is 0 Å². The van der Waals surface area contributed by atoms with Crippen molar-refractivity contribution < 1.29 is 9.26 Å². The average molecular weight is 223 g/mol. The number of nitrogens with one attached hydrogen (secondary N) is 1. The summed E-state index contributed by atoms with van der Waals surface area (Å²) in [6.45, 7) is 3.45. The summed E-state index contributed by atoms with van der Waals surface area (Å²) in [6.07, 6.45) is 3.59. The summed E-state index contributed by atoms with van der Waals surface area (Å²) in [6, 6.07) is 0. The molecule has 0 amide bonds. The molecule has 1 atom stereocenters. The van der Waals surface area contributed by atoms with Crippen molar-refractivity contribution in [2.75, 3.05) is 19.7 Å². The van der Waals surface area contributed by atoms with Crippen LogP contribution >= 0.6 is 0 Å². The molecule has 1 aromatic rings. The van der Waals surface area contributed by atoms with Crippen molar-refractivity contribution in [3.05, 3.63) is 11.7 Å². The number of hydrogen-bond acceptors (Lipinski definition) is 5. The van der Waals surface area contributed by atoms with E-state index in [9.17, 15) is 0 Å². The van der Waals surface area contributed by atoms with Crippen LogP contribution in [-0.2, 0) is 11.3 Å². The van der Waals surface area contributed by atoms with Gasteiger partial charge in [0, 0.05) is 12.5 Å². The Bertz CT molecular complexity index is 343. The number of aromatic nitrogens is 2. The van der Waals surface area contributed by atoms with Crippen LogP contribution in [0.25, 0.3) is 0 Å². The van der Waals surface area contributed by atoms with Crippen LogP contribution in [-0.4, -0.2) is 29.8 Å². The molecular formula is C11H17N3O2. The first-order valence-corrected chi connectivity index (χ1v) is 6.03. The van der Waals surface area contributed by atoms with Crippen LogP contribution in [0.4, 0.5) is 0 Å². The lowest BCUT2D eigenvalue weighted by atomic mass is 10.1. The maximum atomic E-state index is 5.59. The highest BCUT2D eigenvalue weighted by Crippen LogP contribution is 2.38. The molecule has 2 aliphatic rings. The Morgan fingerprint density at radius 2 is 2.31 bits per heavy atom. The Kier molecular flexibility index (Phi) is 2.88. The zero-order valence-corrected chi connectivity index (χ0v) is 9.32. The SMILES string of the molecule is C1CC(COCc2noc(C3CC3)n2)CN1. The van der Waals surface area contributed by atoms with Crippen molar-refractivity contribution in [2.45, 2.75) is 31.8 Å². The summed E-state index contributed by atoms with van der Waals surface area (Å²) in [5.41, 5.74) is 0. The van der Waals surface area contributed by atoms with E-state index in [1.807, 2.05) is 0 Å². The van der Waals surface area contributed by atoms with Gasteiger partial charge in [0.2, 0.25) is 5.89 Å². The largest absolute Gasteiger partial charge is 0.373 e. The Hall–Kier alpha value is -0.940. The van der Waals surface area contributed by atoms with Crippen LogP contribution in [0.3, 0.4) is 0 Å². The standard InChI is InChI=1S/C11H17N3O2/c1-2-9(1)11-13-10(14-16-11)7-15-6-8-3-4-12-5-8/h8-9,12H,1-7H2. The van der Waals surface area contributed by atoms with Gasteiger partial charge in [-0.1, -0.05) is 5.16 Å². The van der Waals surface area contributed by atoms with Gasteiger partial charge in [0.25, 0.3) is 0 Å². The minimum absolute atomic E-state index is 0.479. The molecule has 2 heterocycles. The van der Waals surface area contributed by atoms with Crippen molar-refractivity contribution >= 4 is 0 Å². The van der Waals surface area contributed by atoms with Crippen molar-refractivity contribution in [1.82, 2.24) is 15.5 Å². The van der Waals surface area contributed by atoms with Gasteiger partial charge in [0.15, 0.2) is 5.82 Å². The summed E-state index contributed by atoms with van der Waals surface area (Å²) in [5, 5.41) is 7.23. The lowest BCUT2D eigenvalue weighted by Gasteiger charge is -2.06. The zero-order chi connectivity index (χ0) is 10.8. The molecule has 1 saturated carbocycles. The van der Waals surface area contributed by atoms with Gasteiger partial charge in [0.05, 0.1) is 6.61 Å². The number of rotatable bonds is 5. The summed E-state index contributed by atoms with van der Waals surface area (Å²) in [4.78, 5) is 4.32. The lowest BCUT2D eigenvalue weighted by molar-refractivity contribution is 0.0864. The smallest absolute Gasteiger partial charge is 0.229 e. The molecule has 5 heteroatoms.